The van der Waals surface area contributed by atoms with Crippen molar-refractivity contribution in [1.29, 1.82) is 0 Å². The van der Waals surface area contributed by atoms with Crippen LogP contribution >= 0.6 is 0 Å². The first-order valence-electron chi connectivity index (χ1n) is 11.9. The van der Waals surface area contributed by atoms with Crippen LogP contribution in [0, 0.1) is 19.8 Å². The number of carbonyl (C=O) groups excluding carboxylic acids is 1. The third-order valence-electron chi connectivity index (χ3n) is 6.26. The van der Waals surface area contributed by atoms with Gasteiger partial charge in [-0.3, -0.25) is 9.78 Å². The average molecular weight is 468 g/mol. The van der Waals surface area contributed by atoms with Crippen molar-refractivity contribution in [3.8, 4) is 0 Å². The summed E-state index contributed by atoms with van der Waals surface area (Å²) in [6.07, 6.45) is 4.57. The lowest BCUT2D eigenvalue weighted by molar-refractivity contribution is 0.0737. The summed E-state index contributed by atoms with van der Waals surface area (Å²) in [6.45, 7) is 6.26. The number of hydrogen-bond acceptors (Lipinski definition) is 6. The minimum absolute atomic E-state index is 0.00470. The predicted octanol–water partition coefficient (Wildman–Crippen LogP) is 4.72. The third kappa shape index (κ3) is 5.46. The standard InChI is InChI=1S/C28H29N5O2/c1-19-13-20(2)31-28(30-19)32-25-8-4-7-24(15-25)27(34)33-11-12-35-18-21(17-33)14-23-6-3-5-22-9-10-29-16-26(22)23/h3-10,13,15-16,21H,11-12,14,17-18H2,1-2H3,(H,30,31,32)/t21-/m0/s1. The highest BCUT2D eigenvalue weighted by Crippen LogP contribution is 2.23. The molecule has 1 N–H and O–H groups in total. The van der Waals surface area contributed by atoms with E-state index in [1.807, 2.05) is 67.5 Å². The van der Waals surface area contributed by atoms with Gasteiger partial charge in [0.2, 0.25) is 5.95 Å². The quantitative estimate of drug-likeness (QED) is 0.458. The maximum Gasteiger partial charge on any atom is 0.254 e. The van der Waals surface area contributed by atoms with Crippen LogP contribution in [0.1, 0.15) is 27.3 Å². The Morgan fingerprint density at radius 2 is 1.91 bits per heavy atom. The number of nitrogens with one attached hydrogen (secondary N) is 1. The molecule has 1 aliphatic heterocycles. The van der Waals surface area contributed by atoms with Crippen LogP contribution in [0.25, 0.3) is 10.8 Å². The van der Waals surface area contributed by atoms with Crippen molar-refractivity contribution in [1.82, 2.24) is 19.9 Å². The first-order valence-corrected chi connectivity index (χ1v) is 11.9. The fourth-order valence-corrected chi connectivity index (χ4v) is 4.68. The fraction of sp³-hybridized carbons (Fsp3) is 0.286. The van der Waals surface area contributed by atoms with Crippen molar-refractivity contribution in [2.24, 2.45) is 5.92 Å². The van der Waals surface area contributed by atoms with E-state index in [1.165, 1.54) is 10.9 Å². The van der Waals surface area contributed by atoms with E-state index in [0.717, 1.165) is 28.9 Å². The van der Waals surface area contributed by atoms with Crippen molar-refractivity contribution in [3.63, 3.8) is 0 Å². The Morgan fingerprint density at radius 1 is 1.09 bits per heavy atom. The molecular formula is C28H29N5O2. The van der Waals surface area contributed by atoms with Gasteiger partial charge < -0.3 is 15.0 Å². The summed E-state index contributed by atoms with van der Waals surface area (Å²) >= 11 is 0. The van der Waals surface area contributed by atoms with E-state index in [-0.39, 0.29) is 11.8 Å². The summed E-state index contributed by atoms with van der Waals surface area (Å²) < 4.78 is 5.89. The summed E-state index contributed by atoms with van der Waals surface area (Å²) in [4.78, 5) is 28.6. The highest BCUT2D eigenvalue weighted by Gasteiger charge is 2.24. The molecule has 7 heteroatoms. The van der Waals surface area contributed by atoms with Gasteiger partial charge in [0, 0.05) is 59.4 Å². The van der Waals surface area contributed by atoms with E-state index >= 15 is 0 Å². The van der Waals surface area contributed by atoms with Gasteiger partial charge in [0.15, 0.2) is 0 Å². The molecule has 4 aromatic rings. The minimum atomic E-state index is 0.00470. The summed E-state index contributed by atoms with van der Waals surface area (Å²) in [7, 11) is 0. The van der Waals surface area contributed by atoms with Crippen molar-refractivity contribution < 1.29 is 9.53 Å². The maximum absolute atomic E-state index is 13.5. The van der Waals surface area contributed by atoms with Gasteiger partial charge in [-0.25, -0.2) is 9.97 Å². The van der Waals surface area contributed by atoms with Crippen LogP contribution in [0.5, 0.6) is 0 Å². The number of ether oxygens (including phenoxy) is 1. The molecule has 0 spiro atoms. The second-order valence-corrected chi connectivity index (χ2v) is 9.09. The molecule has 1 atom stereocenters. The Labute approximate surface area is 205 Å². The Hall–Kier alpha value is -3.84. The second-order valence-electron chi connectivity index (χ2n) is 9.09. The predicted molar refractivity (Wildman–Crippen MR) is 137 cm³/mol. The molecule has 0 saturated carbocycles. The summed E-state index contributed by atoms with van der Waals surface area (Å²) in [5.41, 5.74) is 4.44. The van der Waals surface area contributed by atoms with Gasteiger partial charge in [0.25, 0.3) is 5.91 Å². The van der Waals surface area contributed by atoms with Gasteiger partial charge in [-0.05, 0) is 61.5 Å². The monoisotopic (exact) mass is 467 g/mol. The number of aromatic nitrogens is 3. The molecule has 0 bridgehead atoms. The summed E-state index contributed by atoms with van der Waals surface area (Å²) in [6, 6.07) is 17.8. The first-order chi connectivity index (χ1) is 17.0. The topological polar surface area (TPSA) is 80.2 Å². The van der Waals surface area contributed by atoms with Gasteiger partial charge in [0.1, 0.15) is 0 Å². The van der Waals surface area contributed by atoms with Gasteiger partial charge in [-0.1, -0.05) is 24.3 Å². The minimum Gasteiger partial charge on any atom is -0.379 e. The van der Waals surface area contributed by atoms with E-state index in [1.54, 1.807) is 0 Å². The zero-order valence-electron chi connectivity index (χ0n) is 20.1. The van der Waals surface area contributed by atoms with E-state index in [0.29, 0.717) is 37.8 Å². The highest BCUT2D eigenvalue weighted by molar-refractivity contribution is 5.95. The SMILES string of the molecule is Cc1cc(C)nc(Nc2cccc(C(=O)N3CCOC[C@@H](Cc4cccc5ccncc45)C3)c2)n1. The Morgan fingerprint density at radius 3 is 2.77 bits per heavy atom. The maximum atomic E-state index is 13.5. The van der Waals surface area contributed by atoms with Gasteiger partial charge in [-0.15, -0.1) is 0 Å². The van der Waals surface area contributed by atoms with Crippen LogP contribution in [-0.4, -0.2) is 52.1 Å². The molecule has 0 unspecified atom stereocenters. The first kappa shape index (κ1) is 22.9. The smallest absolute Gasteiger partial charge is 0.254 e. The molecule has 3 heterocycles. The fourth-order valence-electron chi connectivity index (χ4n) is 4.68. The van der Waals surface area contributed by atoms with Crippen LogP contribution in [0.3, 0.4) is 0 Å². The molecule has 178 valence electrons. The van der Waals surface area contributed by atoms with E-state index in [4.69, 9.17) is 4.74 Å². The van der Waals surface area contributed by atoms with Crippen LogP contribution in [0.2, 0.25) is 0 Å². The number of benzene rings is 2. The molecule has 1 aliphatic rings. The third-order valence-corrected chi connectivity index (χ3v) is 6.26. The van der Waals surface area contributed by atoms with E-state index in [9.17, 15) is 4.79 Å². The lowest BCUT2D eigenvalue weighted by Crippen LogP contribution is -2.36. The van der Waals surface area contributed by atoms with Crippen molar-refractivity contribution in [3.05, 3.63) is 89.5 Å². The molecule has 0 radical (unpaired) electrons. The Bertz CT molecular complexity index is 1330. The van der Waals surface area contributed by atoms with Crippen LogP contribution in [0.15, 0.2) is 67.0 Å². The zero-order valence-corrected chi connectivity index (χ0v) is 20.1. The average Bonchev–Trinajstić information content (AvgIpc) is 3.09. The molecule has 1 saturated heterocycles. The number of pyridine rings is 1. The summed E-state index contributed by atoms with van der Waals surface area (Å²) in [5.74, 6) is 0.738. The Balaban J connectivity index is 1.32. The lowest BCUT2D eigenvalue weighted by atomic mass is 9.95. The molecule has 1 amide bonds. The lowest BCUT2D eigenvalue weighted by Gasteiger charge is -2.24. The van der Waals surface area contributed by atoms with Crippen LogP contribution < -0.4 is 5.32 Å². The van der Waals surface area contributed by atoms with Gasteiger partial charge in [-0.2, -0.15) is 0 Å². The molecule has 35 heavy (non-hydrogen) atoms. The number of rotatable bonds is 5. The van der Waals surface area contributed by atoms with Crippen molar-refractivity contribution >= 4 is 28.3 Å². The number of anilines is 2. The normalized spacial score (nSPS) is 16.2. The number of fused-ring (bicyclic) bond motifs is 1. The molecule has 2 aromatic heterocycles. The zero-order chi connectivity index (χ0) is 24.2. The van der Waals surface area contributed by atoms with Crippen molar-refractivity contribution in [2.75, 3.05) is 31.6 Å². The number of aryl methyl sites for hydroxylation is 2. The number of carbonyl (C=O) groups is 1. The van der Waals surface area contributed by atoms with Gasteiger partial charge >= 0.3 is 0 Å². The largest absolute Gasteiger partial charge is 0.379 e. The number of amides is 1. The molecule has 1 fully saturated rings. The van der Waals surface area contributed by atoms with E-state index in [2.05, 4.69) is 38.5 Å². The van der Waals surface area contributed by atoms with Crippen LogP contribution in [0.4, 0.5) is 11.6 Å². The van der Waals surface area contributed by atoms with Crippen molar-refractivity contribution in [2.45, 2.75) is 20.3 Å². The van der Waals surface area contributed by atoms with Gasteiger partial charge in [0.05, 0.1) is 13.2 Å². The molecule has 5 rings (SSSR count). The summed E-state index contributed by atoms with van der Waals surface area (Å²) in [5, 5.41) is 5.57. The van der Waals surface area contributed by atoms with Crippen LogP contribution in [-0.2, 0) is 11.2 Å². The molecule has 7 nitrogen and oxygen atoms in total. The number of nitrogens with zero attached hydrogens (tertiary/aromatic N) is 4. The van der Waals surface area contributed by atoms with E-state index < -0.39 is 0 Å². The molecule has 2 aromatic carbocycles. The molecular weight excluding hydrogens is 438 g/mol. The highest BCUT2D eigenvalue weighted by atomic mass is 16.5. The molecule has 0 aliphatic carbocycles. The number of hydrogen-bond donors (Lipinski definition) is 1. The Kier molecular flexibility index (Phi) is 6.68. The second kappa shape index (κ2) is 10.2.